The second kappa shape index (κ2) is 8.72. The second-order valence-corrected chi connectivity index (χ2v) is 3.74. The number of benzene rings is 1. The number of nitriles is 2. The summed E-state index contributed by atoms with van der Waals surface area (Å²) in [4.78, 5) is 30.7. The van der Waals surface area contributed by atoms with Crippen molar-refractivity contribution >= 4 is 17.9 Å². The quantitative estimate of drug-likeness (QED) is 0.638. The maximum atomic E-state index is 10.8. The third kappa shape index (κ3) is 6.17. The molecule has 0 saturated carbocycles. The SMILES string of the molecule is CC(=O)O.CC(=O)Oc1ccc(OC(C)=O)c(C#N)c1C#N. The highest BCUT2D eigenvalue weighted by molar-refractivity contribution is 5.74. The summed E-state index contributed by atoms with van der Waals surface area (Å²) in [7, 11) is 0. The lowest BCUT2D eigenvalue weighted by atomic mass is 10.1. The zero-order valence-corrected chi connectivity index (χ0v) is 12.0. The van der Waals surface area contributed by atoms with Gasteiger partial charge in [-0.1, -0.05) is 0 Å². The number of carboxylic acids is 1. The van der Waals surface area contributed by atoms with Gasteiger partial charge in [0.15, 0.2) is 0 Å². The molecule has 0 aliphatic rings. The highest BCUT2D eigenvalue weighted by Gasteiger charge is 2.17. The fraction of sp³-hybridized carbons (Fsp3) is 0.214. The van der Waals surface area contributed by atoms with Crippen LogP contribution in [-0.2, 0) is 14.4 Å². The molecule has 0 amide bonds. The van der Waals surface area contributed by atoms with E-state index >= 15 is 0 Å². The van der Waals surface area contributed by atoms with Gasteiger partial charge in [-0.25, -0.2) is 0 Å². The molecule has 0 radical (unpaired) electrons. The molecule has 114 valence electrons. The van der Waals surface area contributed by atoms with Crippen molar-refractivity contribution in [3.63, 3.8) is 0 Å². The van der Waals surface area contributed by atoms with Crippen LogP contribution in [0, 0.1) is 22.7 Å². The lowest BCUT2D eigenvalue weighted by Crippen LogP contribution is -2.07. The van der Waals surface area contributed by atoms with Gasteiger partial charge in [0, 0.05) is 20.8 Å². The third-order valence-electron chi connectivity index (χ3n) is 1.86. The van der Waals surface area contributed by atoms with Crippen LogP contribution in [0.3, 0.4) is 0 Å². The molecular weight excluding hydrogens is 292 g/mol. The number of carbonyl (C=O) groups excluding carboxylic acids is 2. The summed E-state index contributed by atoms with van der Waals surface area (Å²) in [5, 5.41) is 25.4. The Morgan fingerprint density at radius 3 is 1.36 bits per heavy atom. The Morgan fingerprint density at radius 2 is 1.18 bits per heavy atom. The van der Waals surface area contributed by atoms with Crippen molar-refractivity contribution in [1.82, 2.24) is 0 Å². The van der Waals surface area contributed by atoms with Crippen molar-refractivity contribution in [3.05, 3.63) is 23.3 Å². The largest absolute Gasteiger partial charge is 0.481 e. The van der Waals surface area contributed by atoms with Gasteiger partial charge >= 0.3 is 11.9 Å². The molecule has 1 N–H and O–H groups in total. The first kappa shape index (κ1) is 18.6. The summed E-state index contributed by atoms with van der Waals surface area (Å²) in [6.45, 7) is 3.43. The predicted octanol–water partition coefficient (Wildman–Crippen LogP) is 1.37. The Kier molecular flexibility index (Phi) is 7.37. The standard InChI is InChI=1S/C12H8N2O4.C2H4O2/c1-7(15)17-11-3-4-12(18-8(2)16)10(6-14)9(11)5-13;1-2(3)4/h3-4H,1-2H3;1H3,(H,3,4). The van der Waals surface area contributed by atoms with Gasteiger partial charge in [0.2, 0.25) is 0 Å². The van der Waals surface area contributed by atoms with Crippen molar-refractivity contribution in [1.29, 1.82) is 10.5 Å². The molecule has 0 aliphatic heterocycles. The lowest BCUT2D eigenvalue weighted by Gasteiger charge is -2.08. The molecule has 8 nitrogen and oxygen atoms in total. The minimum Gasteiger partial charge on any atom is -0.481 e. The first-order valence-corrected chi connectivity index (χ1v) is 5.76. The van der Waals surface area contributed by atoms with Crippen LogP contribution in [0.15, 0.2) is 12.1 Å². The Labute approximate surface area is 126 Å². The summed E-state index contributed by atoms with van der Waals surface area (Å²) in [6, 6.07) is 6.07. The first-order valence-electron chi connectivity index (χ1n) is 5.76. The number of carbonyl (C=O) groups is 3. The van der Waals surface area contributed by atoms with E-state index in [0.29, 0.717) is 0 Å². The van der Waals surface area contributed by atoms with E-state index in [1.54, 1.807) is 12.1 Å². The Hall–Kier alpha value is -3.39. The van der Waals surface area contributed by atoms with Crippen molar-refractivity contribution in [2.75, 3.05) is 0 Å². The smallest absolute Gasteiger partial charge is 0.308 e. The molecule has 0 spiro atoms. The molecule has 0 aliphatic carbocycles. The fourth-order valence-corrected chi connectivity index (χ4v) is 1.27. The summed E-state index contributed by atoms with van der Waals surface area (Å²) >= 11 is 0. The van der Waals surface area contributed by atoms with E-state index in [1.807, 2.05) is 0 Å². The summed E-state index contributed by atoms with van der Waals surface area (Å²) in [5.74, 6) is -2.15. The molecule has 22 heavy (non-hydrogen) atoms. The number of carboxylic acid groups (broad SMARTS) is 1. The molecule has 0 heterocycles. The summed E-state index contributed by atoms with van der Waals surface area (Å²) in [6.07, 6.45) is 0. The van der Waals surface area contributed by atoms with E-state index in [9.17, 15) is 9.59 Å². The van der Waals surface area contributed by atoms with E-state index < -0.39 is 17.9 Å². The van der Waals surface area contributed by atoms with Crippen molar-refractivity contribution < 1.29 is 29.0 Å². The zero-order chi connectivity index (χ0) is 17.3. The lowest BCUT2D eigenvalue weighted by molar-refractivity contribution is -0.134. The average molecular weight is 304 g/mol. The maximum absolute atomic E-state index is 10.8. The molecule has 8 heteroatoms. The molecule has 1 aromatic rings. The van der Waals surface area contributed by atoms with Crippen LogP contribution in [0.2, 0.25) is 0 Å². The Morgan fingerprint density at radius 1 is 0.909 bits per heavy atom. The van der Waals surface area contributed by atoms with E-state index in [2.05, 4.69) is 0 Å². The van der Waals surface area contributed by atoms with Crippen LogP contribution in [0.1, 0.15) is 31.9 Å². The number of ether oxygens (including phenoxy) is 2. The molecule has 0 saturated heterocycles. The van der Waals surface area contributed by atoms with Gasteiger partial charge in [0.25, 0.3) is 5.97 Å². The van der Waals surface area contributed by atoms with Gasteiger partial charge in [-0.3, -0.25) is 14.4 Å². The number of esters is 2. The highest BCUT2D eigenvalue weighted by atomic mass is 16.5. The highest BCUT2D eigenvalue weighted by Crippen LogP contribution is 2.29. The van der Waals surface area contributed by atoms with Gasteiger partial charge in [-0.05, 0) is 12.1 Å². The molecule has 0 fully saturated rings. The molecule has 0 unspecified atom stereocenters. The minimum absolute atomic E-state index is 0.0440. The molecule has 0 bridgehead atoms. The fourth-order valence-electron chi connectivity index (χ4n) is 1.27. The van der Waals surface area contributed by atoms with Crippen molar-refractivity contribution in [3.8, 4) is 23.6 Å². The van der Waals surface area contributed by atoms with Crippen LogP contribution >= 0.6 is 0 Å². The normalized spacial score (nSPS) is 8.41. The summed E-state index contributed by atoms with van der Waals surface area (Å²) in [5.41, 5.74) is -0.294. The Bertz CT molecular complexity index is 625. The number of nitrogens with zero attached hydrogens (tertiary/aromatic N) is 2. The molecule has 1 rings (SSSR count). The van der Waals surface area contributed by atoms with Gasteiger partial charge in [-0.15, -0.1) is 0 Å². The molecule has 0 aromatic heterocycles. The number of rotatable bonds is 2. The van der Waals surface area contributed by atoms with Gasteiger partial charge < -0.3 is 14.6 Å². The van der Waals surface area contributed by atoms with E-state index in [-0.39, 0.29) is 22.6 Å². The van der Waals surface area contributed by atoms with Crippen LogP contribution in [0.5, 0.6) is 11.5 Å². The van der Waals surface area contributed by atoms with Crippen LogP contribution < -0.4 is 9.47 Å². The van der Waals surface area contributed by atoms with Gasteiger partial charge in [0.1, 0.15) is 34.8 Å². The topological polar surface area (TPSA) is 137 Å². The van der Waals surface area contributed by atoms with Crippen LogP contribution in [0.25, 0.3) is 0 Å². The maximum Gasteiger partial charge on any atom is 0.308 e. The van der Waals surface area contributed by atoms with Gasteiger partial charge in [0.05, 0.1) is 0 Å². The van der Waals surface area contributed by atoms with E-state index in [0.717, 1.165) is 6.92 Å². The van der Waals surface area contributed by atoms with E-state index in [4.69, 9.17) is 29.9 Å². The summed E-state index contributed by atoms with van der Waals surface area (Å²) < 4.78 is 9.57. The minimum atomic E-state index is -0.833. The zero-order valence-electron chi connectivity index (χ0n) is 12.0. The monoisotopic (exact) mass is 304 g/mol. The average Bonchev–Trinajstić information content (AvgIpc) is 2.38. The third-order valence-corrected chi connectivity index (χ3v) is 1.86. The molecule has 1 aromatic carbocycles. The number of hydrogen-bond acceptors (Lipinski definition) is 7. The van der Waals surface area contributed by atoms with E-state index in [1.165, 1.54) is 26.0 Å². The predicted molar refractivity (Wildman–Crippen MR) is 71.8 cm³/mol. The van der Waals surface area contributed by atoms with Gasteiger partial charge in [-0.2, -0.15) is 10.5 Å². The number of hydrogen-bond donors (Lipinski definition) is 1. The van der Waals surface area contributed by atoms with Crippen molar-refractivity contribution in [2.24, 2.45) is 0 Å². The first-order chi connectivity index (χ1) is 10.2. The van der Waals surface area contributed by atoms with Crippen molar-refractivity contribution in [2.45, 2.75) is 20.8 Å². The molecular formula is C14H12N2O6. The second-order valence-electron chi connectivity index (χ2n) is 3.74. The number of aliphatic carboxylic acids is 1. The van der Waals surface area contributed by atoms with Crippen LogP contribution in [-0.4, -0.2) is 23.0 Å². The Balaban J connectivity index is 0.000000980. The molecule has 0 atom stereocenters. The van der Waals surface area contributed by atoms with Crippen LogP contribution in [0.4, 0.5) is 0 Å².